The number of benzene rings is 1. The Kier molecular flexibility index (Phi) is 6.78. The van der Waals surface area contributed by atoms with Crippen LogP contribution in [0.5, 0.6) is 0 Å². The van der Waals surface area contributed by atoms with Crippen molar-refractivity contribution in [2.75, 3.05) is 38.3 Å². The summed E-state index contributed by atoms with van der Waals surface area (Å²) in [4.78, 5) is 16.5. The van der Waals surface area contributed by atoms with Crippen LogP contribution in [0.15, 0.2) is 18.3 Å². The van der Waals surface area contributed by atoms with Crippen LogP contribution in [0.4, 0.5) is 25.1 Å². The third-order valence-corrected chi connectivity index (χ3v) is 8.27. The second kappa shape index (κ2) is 10.3. The average molecular weight is 540 g/mol. The molecule has 39 heavy (non-hydrogen) atoms. The van der Waals surface area contributed by atoms with Crippen LogP contribution in [-0.4, -0.2) is 63.8 Å². The molecule has 0 radical (unpaired) electrons. The van der Waals surface area contributed by atoms with Gasteiger partial charge in [0.15, 0.2) is 5.82 Å². The molecule has 1 aromatic carbocycles. The zero-order valence-electron chi connectivity index (χ0n) is 22.7. The number of anilines is 2. The maximum atomic E-state index is 14.5. The molecule has 0 aliphatic carbocycles. The fraction of sp³-hybridized carbons (Fsp3) is 0.536. The lowest BCUT2D eigenvalue weighted by atomic mass is 9.92. The molecular weight excluding hydrogens is 504 g/mol. The summed E-state index contributed by atoms with van der Waals surface area (Å²) in [7, 11) is 3.44. The van der Waals surface area contributed by atoms with Crippen LogP contribution >= 0.6 is 0 Å². The number of amides is 2. The van der Waals surface area contributed by atoms with E-state index in [0.29, 0.717) is 44.8 Å². The summed E-state index contributed by atoms with van der Waals surface area (Å²) >= 11 is 0. The van der Waals surface area contributed by atoms with Gasteiger partial charge in [-0.2, -0.15) is 10.2 Å². The first-order chi connectivity index (χ1) is 18.9. The molecule has 3 aliphatic rings. The maximum Gasteiger partial charge on any atom is 0.317 e. The molecule has 2 amide bonds. The number of fused-ring (bicyclic) bond motifs is 2. The summed E-state index contributed by atoms with van der Waals surface area (Å²) in [6.45, 7) is 4.97. The van der Waals surface area contributed by atoms with Gasteiger partial charge in [0.1, 0.15) is 0 Å². The van der Waals surface area contributed by atoms with E-state index in [1.807, 2.05) is 19.2 Å². The van der Waals surface area contributed by atoms with Crippen molar-refractivity contribution in [1.29, 1.82) is 0 Å². The molecule has 1 fully saturated rings. The molecular formula is C28H35F2N7O2. The van der Waals surface area contributed by atoms with Crippen LogP contribution < -0.4 is 10.2 Å². The Hall–Kier alpha value is -3.47. The topological polar surface area (TPSA) is 80.5 Å². The highest BCUT2D eigenvalue weighted by Crippen LogP contribution is 2.44. The van der Waals surface area contributed by atoms with Crippen molar-refractivity contribution in [1.82, 2.24) is 29.8 Å². The summed E-state index contributed by atoms with van der Waals surface area (Å²) < 4.78 is 38.5. The van der Waals surface area contributed by atoms with Crippen LogP contribution in [-0.2, 0) is 31.2 Å². The molecule has 2 aromatic heterocycles. The van der Waals surface area contributed by atoms with E-state index in [1.165, 1.54) is 0 Å². The van der Waals surface area contributed by atoms with E-state index in [9.17, 15) is 13.6 Å². The normalized spacial score (nSPS) is 17.9. The SMILES string of the molecule is CNC(=O)N1CCc2c(c(N3CCCc4cc(-c5cn(C)nc5C)c(C(F)F)cc43)nn2C2CCOCC2)C1. The van der Waals surface area contributed by atoms with E-state index in [4.69, 9.17) is 9.84 Å². The molecule has 0 atom stereocenters. The number of hydrogen-bond donors (Lipinski definition) is 1. The largest absolute Gasteiger partial charge is 0.381 e. The Bertz CT molecular complexity index is 1390. The van der Waals surface area contributed by atoms with E-state index >= 15 is 0 Å². The highest BCUT2D eigenvalue weighted by molar-refractivity contribution is 5.79. The van der Waals surface area contributed by atoms with E-state index in [0.717, 1.165) is 65.3 Å². The van der Waals surface area contributed by atoms with Crippen LogP contribution in [0.25, 0.3) is 11.1 Å². The minimum absolute atomic E-state index is 0.00136. The van der Waals surface area contributed by atoms with Gasteiger partial charge >= 0.3 is 6.03 Å². The second-order valence-corrected chi connectivity index (χ2v) is 10.7. The number of carbonyl (C=O) groups is 1. The zero-order valence-corrected chi connectivity index (χ0v) is 22.7. The number of aryl methyl sites for hydroxylation is 3. The van der Waals surface area contributed by atoms with E-state index in [-0.39, 0.29) is 17.6 Å². The second-order valence-electron chi connectivity index (χ2n) is 10.7. The van der Waals surface area contributed by atoms with Crippen LogP contribution in [0, 0.1) is 6.92 Å². The quantitative estimate of drug-likeness (QED) is 0.522. The lowest BCUT2D eigenvalue weighted by Gasteiger charge is -2.33. The van der Waals surface area contributed by atoms with Gasteiger partial charge in [0.05, 0.1) is 18.3 Å². The number of rotatable bonds is 4. The van der Waals surface area contributed by atoms with Crippen molar-refractivity contribution in [2.45, 2.75) is 58.0 Å². The Balaban J connectivity index is 1.47. The number of nitrogens with one attached hydrogen (secondary N) is 1. The lowest BCUT2D eigenvalue weighted by molar-refractivity contribution is 0.0651. The van der Waals surface area contributed by atoms with Crippen LogP contribution in [0.1, 0.15) is 59.8 Å². The molecule has 11 heteroatoms. The lowest BCUT2D eigenvalue weighted by Crippen LogP contribution is -2.42. The van der Waals surface area contributed by atoms with Gasteiger partial charge in [-0.05, 0) is 55.9 Å². The molecule has 5 heterocycles. The van der Waals surface area contributed by atoms with Gasteiger partial charge < -0.3 is 19.9 Å². The number of halogens is 2. The standard InChI is InChI=1S/C28H35F2N7O2/c1-17-22(15-34(3)32-17)20-13-18-5-4-9-36(25(18)14-21(20)26(29)30)27-23-16-35(28(38)31-2)10-6-24(23)37(33-27)19-7-11-39-12-8-19/h13-15,19,26H,4-12,16H2,1-3H3,(H,31,38). The van der Waals surface area contributed by atoms with Crippen LogP contribution in [0.2, 0.25) is 0 Å². The third kappa shape index (κ3) is 4.56. The number of urea groups is 1. The summed E-state index contributed by atoms with van der Waals surface area (Å²) in [5.41, 5.74) is 5.95. The minimum atomic E-state index is -2.63. The predicted molar refractivity (Wildman–Crippen MR) is 144 cm³/mol. The number of aromatic nitrogens is 4. The molecule has 0 unspecified atom stereocenters. The van der Waals surface area contributed by atoms with Crippen molar-refractivity contribution < 1.29 is 18.3 Å². The molecule has 1 N–H and O–H groups in total. The highest BCUT2D eigenvalue weighted by Gasteiger charge is 2.34. The summed E-state index contributed by atoms with van der Waals surface area (Å²) in [6.07, 6.45) is 3.32. The van der Waals surface area contributed by atoms with Crippen molar-refractivity contribution in [3.05, 3.63) is 46.4 Å². The molecule has 1 saturated heterocycles. The van der Waals surface area contributed by atoms with Gasteiger partial charge in [-0.1, -0.05) is 0 Å². The number of carbonyl (C=O) groups excluding carboxylic acids is 1. The van der Waals surface area contributed by atoms with Gasteiger partial charge in [-0.15, -0.1) is 0 Å². The van der Waals surface area contributed by atoms with Crippen LogP contribution in [0.3, 0.4) is 0 Å². The van der Waals surface area contributed by atoms with Gasteiger partial charge in [-0.25, -0.2) is 13.6 Å². The fourth-order valence-corrected chi connectivity index (χ4v) is 6.36. The number of ether oxygens (including phenoxy) is 1. The average Bonchev–Trinajstić information content (AvgIpc) is 3.50. The highest BCUT2D eigenvalue weighted by atomic mass is 19.3. The van der Waals surface area contributed by atoms with E-state index < -0.39 is 6.43 Å². The molecule has 3 aliphatic heterocycles. The zero-order chi connectivity index (χ0) is 27.3. The fourth-order valence-electron chi connectivity index (χ4n) is 6.36. The van der Waals surface area contributed by atoms with E-state index in [1.54, 1.807) is 29.7 Å². The molecule has 0 bridgehead atoms. The van der Waals surface area contributed by atoms with Gasteiger partial charge in [0.2, 0.25) is 0 Å². The maximum absolute atomic E-state index is 14.5. The predicted octanol–water partition coefficient (Wildman–Crippen LogP) is 4.66. The Morgan fingerprint density at radius 3 is 2.62 bits per heavy atom. The molecule has 0 saturated carbocycles. The first kappa shape index (κ1) is 25.8. The molecule has 0 spiro atoms. The third-order valence-electron chi connectivity index (χ3n) is 8.27. The van der Waals surface area contributed by atoms with Crippen molar-refractivity contribution in [3.8, 4) is 11.1 Å². The molecule has 6 rings (SSSR count). The Morgan fingerprint density at radius 1 is 1.13 bits per heavy atom. The first-order valence-electron chi connectivity index (χ1n) is 13.7. The van der Waals surface area contributed by atoms with E-state index in [2.05, 4.69) is 20.0 Å². The molecule has 3 aromatic rings. The number of nitrogens with zero attached hydrogens (tertiary/aromatic N) is 6. The van der Waals surface area contributed by atoms with Gasteiger partial charge in [0.25, 0.3) is 6.43 Å². The van der Waals surface area contributed by atoms with Gasteiger partial charge in [-0.3, -0.25) is 9.36 Å². The molecule has 9 nitrogen and oxygen atoms in total. The summed E-state index contributed by atoms with van der Waals surface area (Å²) in [5.74, 6) is 0.775. The molecule has 208 valence electrons. The number of alkyl halides is 2. The monoisotopic (exact) mass is 539 g/mol. The minimum Gasteiger partial charge on any atom is -0.381 e. The first-order valence-corrected chi connectivity index (χ1v) is 13.7. The summed E-state index contributed by atoms with van der Waals surface area (Å²) in [6, 6.07) is 3.68. The van der Waals surface area contributed by atoms with Gasteiger partial charge in [0, 0.05) is 81.1 Å². The smallest absolute Gasteiger partial charge is 0.317 e. The van der Waals surface area contributed by atoms with Crippen molar-refractivity contribution >= 4 is 17.5 Å². The van der Waals surface area contributed by atoms with Crippen molar-refractivity contribution in [2.24, 2.45) is 7.05 Å². The Morgan fingerprint density at radius 2 is 1.92 bits per heavy atom. The number of hydrogen-bond acceptors (Lipinski definition) is 5. The Labute approximate surface area is 226 Å². The summed E-state index contributed by atoms with van der Waals surface area (Å²) in [5, 5.41) is 12.3. The van der Waals surface area contributed by atoms with Crippen molar-refractivity contribution in [3.63, 3.8) is 0 Å².